The van der Waals surface area contributed by atoms with Gasteiger partial charge in [-0.25, -0.2) is 0 Å². The first kappa shape index (κ1) is 41.5. The minimum Gasteiger partial charge on any atom is -0.366 e. The maximum Gasteiger partial charge on any atom is 1.00 e. The van der Waals surface area contributed by atoms with Crippen LogP contribution in [-0.2, 0) is 44.8 Å². The van der Waals surface area contributed by atoms with Crippen molar-refractivity contribution < 1.29 is 44.8 Å². The van der Waals surface area contributed by atoms with E-state index < -0.39 is 15.8 Å². The summed E-state index contributed by atoms with van der Waals surface area (Å²) in [5, 5.41) is 10.5. The van der Waals surface area contributed by atoms with Gasteiger partial charge in [0.2, 0.25) is 0 Å². The van der Waals surface area contributed by atoms with Gasteiger partial charge in [0.15, 0.2) is 5.90 Å². The van der Waals surface area contributed by atoms with E-state index in [0.29, 0.717) is 0 Å². The van der Waals surface area contributed by atoms with Crippen LogP contribution in [0.25, 0.3) is 21.5 Å². The van der Waals surface area contributed by atoms with Crippen molar-refractivity contribution in [1.82, 2.24) is 0 Å². The van der Waals surface area contributed by atoms with E-state index in [1.54, 1.807) is 0 Å². The summed E-state index contributed by atoms with van der Waals surface area (Å²) in [5.41, 5.74) is 1.71. The quantitative estimate of drug-likeness (QED) is 0.0674. The van der Waals surface area contributed by atoms with Gasteiger partial charge >= 0.3 is 44.8 Å². The molecule has 53 heavy (non-hydrogen) atoms. The second-order valence-electron chi connectivity index (χ2n) is 11.9. The third-order valence-electron chi connectivity index (χ3n) is 8.69. The van der Waals surface area contributed by atoms with Crippen molar-refractivity contribution in [3.8, 4) is 11.8 Å². The minimum absolute atomic E-state index is 0. The Hall–Kier alpha value is -4.26. The van der Waals surface area contributed by atoms with Crippen LogP contribution in [0.3, 0.4) is 0 Å². The van der Waals surface area contributed by atoms with Gasteiger partial charge in [-0.05, 0) is 59.3 Å². The molecule has 0 nitrogen and oxygen atoms in total. The Balaban J connectivity index is 0.000000200. The van der Waals surface area contributed by atoms with E-state index >= 15 is 0 Å². The molecule has 8 rings (SSSR count). The molecule has 8 aromatic carbocycles. The third kappa shape index (κ3) is 11.4. The van der Waals surface area contributed by atoms with Crippen molar-refractivity contribution in [2.24, 2.45) is 0 Å². The number of rotatable bonds is 6. The molecule has 0 fully saturated rings. The van der Waals surface area contributed by atoms with E-state index in [0.717, 1.165) is 32.7 Å². The maximum atomic E-state index is 7.08. The van der Waals surface area contributed by atoms with Gasteiger partial charge in [0.1, 0.15) is 37.1 Å². The molecule has 0 aliphatic carbocycles. The molecule has 0 bridgehead atoms. The van der Waals surface area contributed by atoms with Crippen molar-refractivity contribution >= 4 is 58.6 Å². The molecule has 8 aromatic rings. The van der Waals surface area contributed by atoms with Crippen LogP contribution in [0.1, 0.15) is 11.1 Å². The molecule has 0 amide bonds. The Kier molecular flexibility index (Phi) is 17.3. The molecule has 0 saturated heterocycles. The Morgan fingerprint density at radius 1 is 0.321 bits per heavy atom. The summed E-state index contributed by atoms with van der Waals surface area (Å²) in [6.07, 6.45) is 14.2. The molecular weight excluding hydrogens is 1040 g/mol. The van der Waals surface area contributed by atoms with Crippen LogP contribution in [-0.4, -0.2) is 5.90 Å². The molecule has 0 unspecified atom stereocenters. The molecule has 0 saturated carbocycles. The Labute approximate surface area is 348 Å². The number of benzene rings is 8. The number of fused-ring (bicyclic) bond motifs is 2. The van der Waals surface area contributed by atoms with Gasteiger partial charge in [-0.1, -0.05) is 156 Å². The van der Waals surface area contributed by atoms with Crippen LogP contribution < -0.4 is 21.2 Å². The molecule has 0 aliphatic heterocycles. The average Bonchev–Trinajstić information content (AvgIpc) is 3.22. The topological polar surface area (TPSA) is 0 Å². The van der Waals surface area contributed by atoms with E-state index in [4.69, 9.17) is 12.8 Å². The molecule has 0 N–H and O–H groups in total. The van der Waals surface area contributed by atoms with E-state index in [9.17, 15) is 0 Å². The second kappa shape index (κ2) is 22.1. The summed E-state index contributed by atoms with van der Waals surface area (Å²) in [4.78, 5) is 0. The summed E-state index contributed by atoms with van der Waals surface area (Å²) < 4.78 is 0. The van der Waals surface area contributed by atoms with Crippen LogP contribution in [0.2, 0.25) is 0 Å². The molecular formula is C49H38Au2P2+2. The Bertz CT molecular complexity index is 2110. The van der Waals surface area contributed by atoms with Crippen LogP contribution in [0.15, 0.2) is 206 Å². The van der Waals surface area contributed by atoms with Crippen molar-refractivity contribution in [1.29, 1.82) is 0 Å². The largest absolute Gasteiger partial charge is 1.00 e. The van der Waals surface area contributed by atoms with E-state index in [-0.39, 0.29) is 44.8 Å². The summed E-state index contributed by atoms with van der Waals surface area (Å²) in [6, 6.07) is 72.2. The van der Waals surface area contributed by atoms with Gasteiger partial charge in [-0.3, -0.25) is 11.8 Å². The van der Waals surface area contributed by atoms with Gasteiger partial charge in [0.25, 0.3) is 0 Å². The molecule has 0 atom stereocenters. The van der Waals surface area contributed by atoms with Gasteiger partial charge in [-0.2, -0.15) is 0 Å². The van der Waals surface area contributed by atoms with E-state index in [2.05, 4.69) is 133 Å². The fourth-order valence-corrected chi connectivity index (χ4v) is 13.9. The van der Waals surface area contributed by atoms with Gasteiger partial charge < -0.3 is 12.8 Å². The Morgan fingerprint density at radius 3 is 0.887 bits per heavy atom. The smallest absolute Gasteiger partial charge is 0.366 e. The normalized spacial score (nSPS) is 9.96. The molecule has 4 heteroatoms. The maximum absolute atomic E-state index is 7.08. The van der Waals surface area contributed by atoms with Crippen molar-refractivity contribution in [3.63, 3.8) is 0 Å². The van der Waals surface area contributed by atoms with Crippen molar-refractivity contribution in [2.45, 2.75) is 0 Å². The van der Waals surface area contributed by atoms with Gasteiger partial charge in [-0.15, -0.1) is 23.3 Å². The SMILES string of the molecule is [Au+].[Au+].[C-]#Cc1cccc2ccccc12.[C-]#Cc1cccc2ccccc12.c1ccc([PH+](C[PH+](c2ccccc2)c2ccccc2)c2ccccc2)cc1. The average molecular weight is 1080 g/mol. The summed E-state index contributed by atoms with van der Waals surface area (Å²) in [5.74, 6) is 6.09. The zero-order valence-electron chi connectivity index (χ0n) is 28.9. The zero-order valence-corrected chi connectivity index (χ0v) is 35.3. The van der Waals surface area contributed by atoms with Gasteiger partial charge in [0.05, 0.1) is 0 Å². The molecule has 264 valence electrons. The molecule has 0 aliphatic rings. The van der Waals surface area contributed by atoms with Crippen LogP contribution in [0.5, 0.6) is 0 Å². The number of hydrogen-bond donors (Lipinski definition) is 0. The summed E-state index contributed by atoms with van der Waals surface area (Å²) in [6.45, 7) is 0. The van der Waals surface area contributed by atoms with Gasteiger partial charge in [0, 0.05) is 0 Å². The van der Waals surface area contributed by atoms with E-state index in [1.165, 1.54) is 27.1 Å². The Morgan fingerprint density at radius 2 is 0.585 bits per heavy atom. The molecule has 0 aromatic heterocycles. The van der Waals surface area contributed by atoms with Crippen molar-refractivity contribution in [2.75, 3.05) is 5.90 Å². The van der Waals surface area contributed by atoms with Crippen LogP contribution in [0, 0.1) is 24.7 Å². The van der Waals surface area contributed by atoms with Crippen LogP contribution >= 0.6 is 15.8 Å². The first-order valence-corrected chi connectivity index (χ1v) is 20.4. The zero-order chi connectivity index (χ0) is 35.1. The van der Waals surface area contributed by atoms with Crippen molar-refractivity contribution in [3.05, 3.63) is 230 Å². The standard InChI is InChI=1S/C25H22P2.2C12H7.2Au/c1-5-13-22(14-6-1)26(23-15-7-2-8-16-23)21-27(24-17-9-3-10-18-24)25-19-11-4-12-20-25;2*1-2-10-7-5-8-11-6-3-4-9-12(10)11;;/h1-20H,21H2;2*3-9H;;/q;2*-1;2*+1/p+2. The minimum atomic E-state index is -0.847. The first-order valence-electron chi connectivity index (χ1n) is 17.0. The molecule has 0 radical (unpaired) electrons. The third-order valence-corrected chi connectivity index (χ3v) is 15.6. The monoisotopic (exact) mass is 1080 g/mol. The molecule has 0 spiro atoms. The molecule has 0 heterocycles. The number of hydrogen-bond acceptors (Lipinski definition) is 0. The predicted molar refractivity (Wildman–Crippen MR) is 226 cm³/mol. The summed E-state index contributed by atoms with van der Waals surface area (Å²) >= 11 is 0. The second-order valence-corrected chi connectivity index (χ2v) is 17.5. The summed E-state index contributed by atoms with van der Waals surface area (Å²) in [7, 11) is -1.69. The first-order chi connectivity index (χ1) is 25.2. The predicted octanol–water partition coefficient (Wildman–Crippen LogP) is 10.2. The fraction of sp³-hybridized carbons (Fsp3) is 0.0204. The fourth-order valence-electron chi connectivity index (χ4n) is 6.14. The van der Waals surface area contributed by atoms with Crippen LogP contribution in [0.4, 0.5) is 0 Å². The van der Waals surface area contributed by atoms with E-state index in [1.807, 2.05) is 84.9 Å².